The maximum atomic E-state index is 13.0. The van der Waals surface area contributed by atoms with Gasteiger partial charge in [0.15, 0.2) is 0 Å². The molecule has 0 radical (unpaired) electrons. The molecule has 1 aromatic carbocycles. The van der Waals surface area contributed by atoms with E-state index in [0.29, 0.717) is 26.3 Å². The van der Waals surface area contributed by atoms with E-state index < -0.39 is 6.10 Å². The number of methoxy groups -OCH3 is 1. The molecule has 0 aromatic heterocycles. The lowest BCUT2D eigenvalue weighted by Gasteiger charge is -2.33. The van der Waals surface area contributed by atoms with Crippen LogP contribution in [0.4, 0.5) is 4.39 Å². The average molecular weight is 269 g/mol. The minimum Gasteiger partial charge on any atom is -0.390 e. The van der Waals surface area contributed by atoms with Crippen molar-refractivity contribution in [1.82, 2.24) is 5.32 Å². The molecular formula is C14H20FNO3. The summed E-state index contributed by atoms with van der Waals surface area (Å²) in [5, 5.41) is 13.3. The first kappa shape index (κ1) is 14.4. The largest absolute Gasteiger partial charge is 0.390 e. The third-order valence-electron chi connectivity index (χ3n) is 3.41. The first-order chi connectivity index (χ1) is 9.20. The molecule has 2 rings (SSSR count). The van der Waals surface area contributed by atoms with Gasteiger partial charge in [0.2, 0.25) is 0 Å². The van der Waals surface area contributed by atoms with Crippen molar-refractivity contribution in [3.63, 3.8) is 0 Å². The van der Waals surface area contributed by atoms with E-state index in [0.717, 1.165) is 5.56 Å². The number of nitrogens with one attached hydrogen (secondary N) is 1. The zero-order chi connectivity index (χ0) is 13.7. The van der Waals surface area contributed by atoms with Gasteiger partial charge in [0, 0.05) is 26.1 Å². The topological polar surface area (TPSA) is 50.7 Å². The van der Waals surface area contributed by atoms with Crippen LogP contribution < -0.4 is 5.32 Å². The first-order valence-corrected chi connectivity index (χ1v) is 6.44. The number of benzene rings is 1. The summed E-state index contributed by atoms with van der Waals surface area (Å²) in [6.45, 7) is 2.12. The highest BCUT2D eigenvalue weighted by Crippen LogP contribution is 2.17. The molecule has 0 saturated carbocycles. The molecule has 4 nitrogen and oxygen atoms in total. The number of rotatable bonds is 5. The molecular weight excluding hydrogens is 249 g/mol. The van der Waals surface area contributed by atoms with Crippen LogP contribution in [0.15, 0.2) is 24.3 Å². The van der Waals surface area contributed by atoms with Crippen LogP contribution in [0, 0.1) is 11.7 Å². The molecule has 0 bridgehead atoms. The maximum absolute atomic E-state index is 13.0. The fourth-order valence-corrected chi connectivity index (χ4v) is 2.27. The minimum atomic E-state index is -0.529. The highest BCUT2D eigenvalue weighted by molar-refractivity contribution is 5.15. The Labute approximate surface area is 112 Å². The van der Waals surface area contributed by atoms with Gasteiger partial charge in [0.1, 0.15) is 11.9 Å². The molecule has 0 spiro atoms. The van der Waals surface area contributed by atoms with E-state index in [-0.39, 0.29) is 17.8 Å². The lowest BCUT2D eigenvalue weighted by atomic mass is 9.96. The van der Waals surface area contributed by atoms with Gasteiger partial charge >= 0.3 is 0 Å². The predicted octanol–water partition coefficient (Wildman–Crippen LogP) is 0.938. The molecule has 106 valence electrons. The van der Waals surface area contributed by atoms with Crippen LogP contribution in [-0.4, -0.2) is 44.2 Å². The molecule has 1 fully saturated rings. The Morgan fingerprint density at radius 3 is 3.05 bits per heavy atom. The van der Waals surface area contributed by atoms with Crippen LogP contribution >= 0.6 is 0 Å². The standard InChI is InChI=1S/C14H20FNO3/c1-18-13-9-19-8-11(14(13)17)7-16-6-10-3-2-4-12(15)5-10/h2-5,11,13-14,16-17H,6-9H2,1H3/t11-,13-,14+/m1/s1. The van der Waals surface area contributed by atoms with Crippen molar-refractivity contribution in [3.05, 3.63) is 35.6 Å². The van der Waals surface area contributed by atoms with Crippen LogP contribution in [-0.2, 0) is 16.0 Å². The predicted molar refractivity (Wildman–Crippen MR) is 69.2 cm³/mol. The summed E-state index contributed by atoms with van der Waals surface area (Å²) in [4.78, 5) is 0. The van der Waals surface area contributed by atoms with Crippen molar-refractivity contribution in [3.8, 4) is 0 Å². The van der Waals surface area contributed by atoms with Gasteiger partial charge in [-0.15, -0.1) is 0 Å². The summed E-state index contributed by atoms with van der Waals surface area (Å²) in [5.41, 5.74) is 0.884. The van der Waals surface area contributed by atoms with E-state index >= 15 is 0 Å². The molecule has 1 heterocycles. The number of hydrogen-bond donors (Lipinski definition) is 2. The van der Waals surface area contributed by atoms with Gasteiger partial charge in [-0.3, -0.25) is 0 Å². The third-order valence-corrected chi connectivity index (χ3v) is 3.41. The summed E-state index contributed by atoms with van der Waals surface area (Å²) in [6.07, 6.45) is -0.798. The monoisotopic (exact) mass is 269 g/mol. The normalized spacial score (nSPS) is 27.4. The Morgan fingerprint density at radius 2 is 2.32 bits per heavy atom. The average Bonchev–Trinajstić information content (AvgIpc) is 2.41. The molecule has 0 unspecified atom stereocenters. The number of ether oxygens (including phenoxy) is 2. The van der Waals surface area contributed by atoms with E-state index in [2.05, 4.69) is 5.32 Å². The summed E-state index contributed by atoms with van der Waals surface area (Å²) in [5.74, 6) is -0.243. The zero-order valence-electron chi connectivity index (χ0n) is 11.0. The van der Waals surface area contributed by atoms with Crippen LogP contribution in [0.5, 0.6) is 0 Å². The van der Waals surface area contributed by atoms with Gasteiger partial charge in [-0.2, -0.15) is 0 Å². The fourth-order valence-electron chi connectivity index (χ4n) is 2.27. The maximum Gasteiger partial charge on any atom is 0.123 e. The minimum absolute atomic E-state index is 0.00717. The van der Waals surface area contributed by atoms with Crippen LogP contribution in [0.25, 0.3) is 0 Å². The molecule has 5 heteroatoms. The van der Waals surface area contributed by atoms with E-state index in [1.54, 1.807) is 13.2 Å². The van der Waals surface area contributed by atoms with Crippen molar-refractivity contribution in [1.29, 1.82) is 0 Å². The van der Waals surface area contributed by atoms with Gasteiger partial charge in [-0.25, -0.2) is 4.39 Å². The fraction of sp³-hybridized carbons (Fsp3) is 0.571. The zero-order valence-corrected chi connectivity index (χ0v) is 11.0. The molecule has 1 saturated heterocycles. The Bertz CT molecular complexity index is 402. The van der Waals surface area contributed by atoms with Crippen LogP contribution in [0.2, 0.25) is 0 Å². The van der Waals surface area contributed by atoms with Crippen molar-refractivity contribution in [2.45, 2.75) is 18.8 Å². The lowest BCUT2D eigenvalue weighted by Crippen LogP contribution is -2.48. The van der Waals surface area contributed by atoms with Crippen molar-refractivity contribution < 1.29 is 19.0 Å². The van der Waals surface area contributed by atoms with Crippen molar-refractivity contribution >= 4 is 0 Å². The SMILES string of the molecule is CO[C@@H]1COC[C@@H](CNCc2cccc(F)c2)[C@@H]1O. The molecule has 1 aliphatic heterocycles. The summed E-state index contributed by atoms with van der Waals surface area (Å²) < 4.78 is 23.6. The smallest absolute Gasteiger partial charge is 0.123 e. The second-order valence-electron chi connectivity index (χ2n) is 4.82. The number of hydrogen-bond acceptors (Lipinski definition) is 4. The molecule has 0 aliphatic carbocycles. The number of aliphatic hydroxyl groups excluding tert-OH is 1. The molecule has 1 aliphatic rings. The van der Waals surface area contributed by atoms with Gasteiger partial charge in [-0.05, 0) is 17.7 Å². The highest BCUT2D eigenvalue weighted by atomic mass is 19.1. The quantitative estimate of drug-likeness (QED) is 0.835. The molecule has 1 aromatic rings. The Hall–Kier alpha value is -1.01. The molecule has 2 N–H and O–H groups in total. The van der Waals surface area contributed by atoms with Crippen LogP contribution in [0.3, 0.4) is 0 Å². The van der Waals surface area contributed by atoms with Crippen molar-refractivity contribution in [2.75, 3.05) is 26.9 Å². The van der Waals surface area contributed by atoms with Gasteiger partial charge in [-0.1, -0.05) is 12.1 Å². The molecule has 19 heavy (non-hydrogen) atoms. The summed E-state index contributed by atoms with van der Waals surface area (Å²) >= 11 is 0. The van der Waals surface area contributed by atoms with E-state index in [1.165, 1.54) is 12.1 Å². The van der Waals surface area contributed by atoms with Crippen LogP contribution in [0.1, 0.15) is 5.56 Å². The molecule has 3 atom stereocenters. The lowest BCUT2D eigenvalue weighted by molar-refractivity contribution is -0.133. The second kappa shape index (κ2) is 6.96. The third kappa shape index (κ3) is 3.98. The van der Waals surface area contributed by atoms with Gasteiger partial charge in [0.25, 0.3) is 0 Å². The van der Waals surface area contributed by atoms with Gasteiger partial charge in [0.05, 0.1) is 19.3 Å². The Morgan fingerprint density at radius 1 is 1.47 bits per heavy atom. The second-order valence-corrected chi connectivity index (χ2v) is 4.82. The van der Waals surface area contributed by atoms with E-state index in [9.17, 15) is 9.50 Å². The molecule has 0 amide bonds. The summed E-state index contributed by atoms with van der Waals surface area (Å²) in [7, 11) is 1.57. The summed E-state index contributed by atoms with van der Waals surface area (Å²) in [6, 6.07) is 6.47. The van der Waals surface area contributed by atoms with Crippen molar-refractivity contribution in [2.24, 2.45) is 5.92 Å². The highest BCUT2D eigenvalue weighted by Gasteiger charge is 2.32. The Kier molecular flexibility index (Phi) is 5.27. The van der Waals surface area contributed by atoms with E-state index in [1.807, 2.05) is 6.07 Å². The number of halogens is 1. The van der Waals surface area contributed by atoms with E-state index in [4.69, 9.17) is 9.47 Å². The Balaban J connectivity index is 1.79. The first-order valence-electron chi connectivity index (χ1n) is 6.44. The van der Waals surface area contributed by atoms with Gasteiger partial charge < -0.3 is 19.9 Å². The number of aliphatic hydroxyl groups is 1.